The lowest BCUT2D eigenvalue weighted by Gasteiger charge is -2.27. The Bertz CT molecular complexity index is 1180. The molecular formula is C26H34N4O6S. The van der Waals surface area contributed by atoms with Gasteiger partial charge in [-0.1, -0.05) is 19.3 Å². The lowest BCUT2D eigenvalue weighted by Crippen LogP contribution is -2.46. The van der Waals surface area contributed by atoms with Crippen molar-refractivity contribution in [2.24, 2.45) is 5.10 Å². The normalized spacial score (nSPS) is 15.1. The Morgan fingerprint density at radius 3 is 2.27 bits per heavy atom. The molecule has 2 aromatic carbocycles. The highest BCUT2D eigenvalue weighted by molar-refractivity contribution is 7.92. The zero-order valence-electron chi connectivity index (χ0n) is 21.3. The van der Waals surface area contributed by atoms with Crippen molar-refractivity contribution in [2.45, 2.75) is 51.1 Å². The number of nitrogens with one attached hydrogen (secondary N) is 2. The van der Waals surface area contributed by atoms with Gasteiger partial charge in [-0.2, -0.15) is 5.10 Å². The van der Waals surface area contributed by atoms with E-state index in [0.29, 0.717) is 22.7 Å². The molecule has 0 aliphatic heterocycles. The van der Waals surface area contributed by atoms with Crippen molar-refractivity contribution in [1.29, 1.82) is 0 Å². The monoisotopic (exact) mass is 530 g/mol. The Labute approximate surface area is 218 Å². The number of methoxy groups -OCH3 is 1. The molecule has 3 rings (SSSR count). The molecule has 1 fully saturated rings. The van der Waals surface area contributed by atoms with Gasteiger partial charge in [0.25, 0.3) is 11.8 Å². The molecule has 2 N–H and O–H groups in total. The van der Waals surface area contributed by atoms with E-state index in [2.05, 4.69) is 15.8 Å². The molecule has 0 radical (unpaired) electrons. The molecule has 0 bridgehead atoms. The van der Waals surface area contributed by atoms with Gasteiger partial charge in [0.2, 0.25) is 10.0 Å². The van der Waals surface area contributed by atoms with Gasteiger partial charge in [-0.05, 0) is 73.9 Å². The molecule has 1 saturated carbocycles. The van der Waals surface area contributed by atoms with Gasteiger partial charge in [0.05, 0.1) is 25.3 Å². The summed E-state index contributed by atoms with van der Waals surface area (Å²) in [5.41, 5.74) is 3.40. The van der Waals surface area contributed by atoms with E-state index in [1.807, 2.05) is 0 Å². The fourth-order valence-corrected chi connectivity index (χ4v) is 5.29. The first-order valence-corrected chi connectivity index (χ1v) is 14.0. The first kappa shape index (κ1) is 28.0. The number of amides is 2. The summed E-state index contributed by atoms with van der Waals surface area (Å²) in [7, 11) is -2.24. The first-order valence-electron chi connectivity index (χ1n) is 12.2. The van der Waals surface area contributed by atoms with Gasteiger partial charge in [0.15, 0.2) is 6.61 Å². The van der Waals surface area contributed by atoms with Crippen LogP contribution in [-0.4, -0.2) is 58.5 Å². The van der Waals surface area contributed by atoms with Crippen LogP contribution in [-0.2, 0) is 19.6 Å². The smallest absolute Gasteiger partial charge is 0.263 e. The van der Waals surface area contributed by atoms with Gasteiger partial charge >= 0.3 is 0 Å². The van der Waals surface area contributed by atoms with Crippen LogP contribution >= 0.6 is 0 Å². The fourth-order valence-electron chi connectivity index (χ4n) is 4.12. The van der Waals surface area contributed by atoms with Crippen molar-refractivity contribution in [3.8, 4) is 11.5 Å². The molecule has 0 heterocycles. The van der Waals surface area contributed by atoms with Crippen molar-refractivity contribution >= 4 is 33.7 Å². The zero-order valence-corrected chi connectivity index (χ0v) is 22.2. The largest absolute Gasteiger partial charge is 0.497 e. The Morgan fingerprint density at radius 1 is 1.05 bits per heavy atom. The average molecular weight is 531 g/mol. The van der Waals surface area contributed by atoms with Gasteiger partial charge in [-0.3, -0.25) is 13.9 Å². The highest BCUT2D eigenvalue weighted by Crippen LogP contribution is 2.24. The Kier molecular flexibility index (Phi) is 9.90. The predicted octanol–water partition coefficient (Wildman–Crippen LogP) is 2.83. The average Bonchev–Trinajstić information content (AvgIpc) is 2.88. The summed E-state index contributed by atoms with van der Waals surface area (Å²) >= 11 is 0. The minimum atomic E-state index is -3.75. The van der Waals surface area contributed by atoms with Crippen LogP contribution in [0.2, 0.25) is 0 Å². The Balaban J connectivity index is 1.51. The summed E-state index contributed by atoms with van der Waals surface area (Å²) in [5, 5.41) is 6.95. The topological polar surface area (TPSA) is 126 Å². The number of hydrazone groups is 1. The van der Waals surface area contributed by atoms with Crippen LogP contribution in [0.4, 0.5) is 5.69 Å². The molecule has 1 atom stereocenters. The van der Waals surface area contributed by atoms with E-state index in [0.717, 1.165) is 36.2 Å². The van der Waals surface area contributed by atoms with E-state index in [4.69, 9.17) is 9.47 Å². The third kappa shape index (κ3) is 8.49. The molecule has 1 aliphatic carbocycles. The Morgan fingerprint density at radius 2 is 1.68 bits per heavy atom. The maximum Gasteiger partial charge on any atom is 0.263 e. The molecular weight excluding hydrogens is 496 g/mol. The summed E-state index contributed by atoms with van der Waals surface area (Å²) in [6.45, 7) is 1.43. The van der Waals surface area contributed by atoms with Gasteiger partial charge < -0.3 is 14.8 Å². The molecule has 0 aromatic heterocycles. The predicted molar refractivity (Wildman–Crippen MR) is 142 cm³/mol. The maximum atomic E-state index is 12.7. The van der Waals surface area contributed by atoms with Crippen LogP contribution in [0, 0.1) is 0 Å². The molecule has 0 unspecified atom stereocenters. The number of anilines is 1. The standard InChI is InChI=1S/C26H34N4O6S/c1-19(30(37(3,33)34)22-11-15-23(35-2)16-12-22)26(32)29-27-17-20-9-13-24(14-10-20)36-18-25(31)28-21-7-5-4-6-8-21/h9-17,19,21H,4-8,18H2,1-3H3,(H,28,31)(H,29,32)/b27-17-/t19-/m1/s1. The van der Waals surface area contributed by atoms with Crippen LogP contribution < -0.4 is 24.5 Å². The second kappa shape index (κ2) is 13.1. The number of nitrogens with zero attached hydrogens (tertiary/aromatic N) is 2. The van der Waals surface area contributed by atoms with E-state index < -0.39 is 22.0 Å². The summed E-state index contributed by atoms with van der Waals surface area (Å²) < 4.78 is 36.5. The van der Waals surface area contributed by atoms with Crippen LogP contribution in [0.5, 0.6) is 11.5 Å². The molecule has 2 aromatic rings. The van der Waals surface area contributed by atoms with E-state index in [1.54, 1.807) is 48.5 Å². The van der Waals surface area contributed by atoms with E-state index >= 15 is 0 Å². The third-order valence-corrected chi connectivity index (χ3v) is 7.27. The number of hydrogen-bond acceptors (Lipinski definition) is 7. The molecule has 11 heteroatoms. The van der Waals surface area contributed by atoms with Crippen molar-refractivity contribution in [2.75, 3.05) is 24.3 Å². The fraction of sp³-hybridized carbons (Fsp3) is 0.423. The van der Waals surface area contributed by atoms with Crippen LogP contribution in [0.25, 0.3) is 0 Å². The van der Waals surface area contributed by atoms with Crippen LogP contribution in [0.3, 0.4) is 0 Å². The number of carbonyl (C=O) groups is 2. The number of carbonyl (C=O) groups excluding carboxylic acids is 2. The van der Waals surface area contributed by atoms with Crippen LogP contribution in [0.1, 0.15) is 44.6 Å². The zero-order chi connectivity index (χ0) is 26.8. The highest BCUT2D eigenvalue weighted by Gasteiger charge is 2.29. The summed E-state index contributed by atoms with van der Waals surface area (Å²) in [5.74, 6) is 0.378. The van der Waals surface area contributed by atoms with Crippen molar-refractivity contribution in [3.63, 3.8) is 0 Å². The molecule has 2 amide bonds. The Hall–Kier alpha value is -3.60. The highest BCUT2D eigenvalue weighted by atomic mass is 32.2. The number of benzene rings is 2. The number of hydrogen-bond donors (Lipinski definition) is 2. The van der Waals surface area contributed by atoms with Crippen molar-refractivity contribution in [1.82, 2.24) is 10.7 Å². The van der Waals surface area contributed by atoms with Gasteiger partial charge in [-0.15, -0.1) is 0 Å². The minimum absolute atomic E-state index is 0.0527. The summed E-state index contributed by atoms with van der Waals surface area (Å²) in [4.78, 5) is 24.7. The van der Waals surface area contributed by atoms with E-state index in [1.165, 1.54) is 26.7 Å². The quantitative estimate of drug-likeness (QED) is 0.340. The van der Waals surface area contributed by atoms with E-state index in [-0.39, 0.29) is 18.6 Å². The van der Waals surface area contributed by atoms with E-state index in [9.17, 15) is 18.0 Å². The SMILES string of the molecule is COc1ccc(N([C@H](C)C(=O)N/N=C\c2ccc(OCC(=O)NC3CCCCC3)cc2)S(C)(=O)=O)cc1. The first-order chi connectivity index (χ1) is 17.7. The number of ether oxygens (including phenoxy) is 2. The number of rotatable bonds is 11. The van der Waals surface area contributed by atoms with Crippen LogP contribution in [0.15, 0.2) is 53.6 Å². The van der Waals surface area contributed by atoms with Gasteiger partial charge in [0, 0.05) is 6.04 Å². The molecule has 10 nitrogen and oxygen atoms in total. The molecule has 0 saturated heterocycles. The third-order valence-electron chi connectivity index (χ3n) is 6.02. The lowest BCUT2D eigenvalue weighted by molar-refractivity contribution is -0.124. The second-order valence-corrected chi connectivity index (χ2v) is 10.8. The van der Waals surface area contributed by atoms with Gasteiger partial charge in [-0.25, -0.2) is 13.8 Å². The van der Waals surface area contributed by atoms with Gasteiger partial charge in [0.1, 0.15) is 17.5 Å². The molecule has 37 heavy (non-hydrogen) atoms. The van der Waals surface area contributed by atoms with Crippen molar-refractivity contribution in [3.05, 3.63) is 54.1 Å². The molecule has 0 spiro atoms. The molecule has 200 valence electrons. The lowest BCUT2D eigenvalue weighted by atomic mass is 9.95. The molecule has 1 aliphatic rings. The summed E-state index contributed by atoms with van der Waals surface area (Å²) in [6.07, 6.45) is 8.02. The number of sulfonamides is 1. The maximum absolute atomic E-state index is 12.7. The minimum Gasteiger partial charge on any atom is -0.497 e. The van der Waals surface area contributed by atoms with Crippen molar-refractivity contribution < 1.29 is 27.5 Å². The second-order valence-electron chi connectivity index (χ2n) is 8.93. The summed E-state index contributed by atoms with van der Waals surface area (Å²) in [6, 6.07) is 12.4.